The van der Waals surface area contributed by atoms with E-state index in [-0.39, 0.29) is 11.9 Å². The monoisotopic (exact) mass is 315 g/mol. The minimum atomic E-state index is -0.536. The third-order valence-corrected chi connectivity index (χ3v) is 4.14. The highest BCUT2D eigenvalue weighted by atomic mass is 32.2. The summed E-state index contributed by atoms with van der Waals surface area (Å²) in [6.45, 7) is 3.72. The van der Waals surface area contributed by atoms with Crippen molar-refractivity contribution in [2.45, 2.75) is 30.9 Å². The molecule has 2 aromatic carbocycles. The summed E-state index contributed by atoms with van der Waals surface area (Å²) in [6.07, 6.45) is 1.49. The lowest BCUT2D eigenvalue weighted by Crippen LogP contribution is -2.37. The fraction of sp³-hybridized carbons (Fsp3) is 0.278. The van der Waals surface area contributed by atoms with E-state index in [2.05, 4.69) is 5.32 Å². The summed E-state index contributed by atoms with van der Waals surface area (Å²) < 4.78 is 5.69. The maximum atomic E-state index is 12.2. The fourth-order valence-corrected chi connectivity index (χ4v) is 2.48. The molecule has 0 radical (unpaired) electrons. The Morgan fingerprint density at radius 2 is 1.68 bits per heavy atom. The van der Waals surface area contributed by atoms with Gasteiger partial charge in [0.25, 0.3) is 5.91 Å². The lowest BCUT2D eigenvalue weighted by atomic mass is 10.1. The van der Waals surface area contributed by atoms with Crippen LogP contribution in [0.3, 0.4) is 0 Å². The van der Waals surface area contributed by atoms with Crippen LogP contribution in [0.25, 0.3) is 0 Å². The molecule has 0 spiro atoms. The molecule has 0 aliphatic carbocycles. The molecule has 0 aliphatic rings. The molecule has 0 aromatic heterocycles. The molecule has 22 heavy (non-hydrogen) atoms. The number of hydrogen-bond acceptors (Lipinski definition) is 3. The average Bonchev–Trinajstić information content (AvgIpc) is 2.56. The van der Waals surface area contributed by atoms with Crippen molar-refractivity contribution in [3.8, 4) is 5.75 Å². The molecule has 116 valence electrons. The van der Waals surface area contributed by atoms with Crippen molar-refractivity contribution in [2.24, 2.45) is 0 Å². The van der Waals surface area contributed by atoms with Crippen LogP contribution in [0.5, 0.6) is 5.75 Å². The number of ether oxygens (including phenoxy) is 1. The number of carbonyl (C=O) groups excluding carboxylic acids is 1. The highest BCUT2D eigenvalue weighted by molar-refractivity contribution is 7.98. The van der Waals surface area contributed by atoms with Crippen LogP contribution in [0.4, 0.5) is 0 Å². The van der Waals surface area contributed by atoms with E-state index in [0.29, 0.717) is 5.75 Å². The van der Waals surface area contributed by atoms with E-state index in [4.69, 9.17) is 4.74 Å². The minimum absolute atomic E-state index is 0.0429. The predicted molar refractivity (Wildman–Crippen MR) is 91.3 cm³/mol. The van der Waals surface area contributed by atoms with E-state index in [1.165, 1.54) is 4.90 Å². The van der Waals surface area contributed by atoms with Crippen molar-refractivity contribution in [1.29, 1.82) is 0 Å². The molecule has 1 amide bonds. The maximum absolute atomic E-state index is 12.2. The summed E-state index contributed by atoms with van der Waals surface area (Å²) in [4.78, 5) is 13.4. The summed E-state index contributed by atoms with van der Waals surface area (Å²) in [5, 5.41) is 2.97. The van der Waals surface area contributed by atoms with Crippen molar-refractivity contribution < 1.29 is 9.53 Å². The largest absolute Gasteiger partial charge is 0.481 e. The van der Waals surface area contributed by atoms with Crippen molar-refractivity contribution in [3.05, 3.63) is 60.2 Å². The summed E-state index contributed by atoms with van der Waals surface area (Å²) >= 11 is 1.67. The summed E-state index contributed by atoms with van der Waals surface area (Å²) in [5.41, 5.74) is 1.08. The van der Waals surface area contributed by atoms with E-state index in [9.17, 15) is 4.79 Å². The van der Waals surface area contributed by atoms with E-state index >= 15 is 0 Å². The van der Waals surface area contributed by atoms with Crippen LogP contribution in [0.15, 0.2) is 59.5 Å². The zero-order chi connectivity index (χ0) is 15.9. The van der Waals surface area contributed by atoms with E-state index in [1.54, 1.807) is 18.7 Å². The lowest BCUT2D eigenvalue weighted by molar-refractivity contribution is -0.127. The van der Waals surface area contributed by atoms with Crippen LogP contribution in [-0.4, -0.2) is 18.3 Å². The molecule has 3 nitrogen and oxygen atoms in total. The van der Waals surface area contributed by atoms with Gasteiger partial charge < -0.3 is 10.1 Å². The van der Waals surface area contributed by atoms with Gasteiger partial charge in [-0.2, -0.15) is 0 Å². The first-order chi connectivity index (χ1) is 10.6. The van der Waals surface area contributed by atoms with E-state index in [1.807, 2.05) is 67.8 Å². The predicted octanol–water partition coefficient (Wildman–Crippen LogP) is 4.05. The molecule has 4 heteroatoms. The Morgan fingerprint density at radius 1 is 1.05 bits per heavy atom. The van der Waals surface area contributed by atoms with E-state index in [0.717, 1.165) is 5.56 Å². The van der Waals surface area contributed by atoms with Gasteiger partial charge in [0.1, 0.15) is 5.75 Å². The van der Waals surface area contributed by atoms with Gasteiger partial charge in [-0.3, -0.25) is 4.79 Å². The van der Waals surface area contributed by atoms with E-state index < -0.39 is 6.10 Å². The zero-order valence-corrected chi connectivity index (χ0v) is 13.9. The molecular weight excluding hydrogens is 294 g/mol. The molecule has 1 N–H and O–H groups in total. The van der Waals surface area contributed by atoms with Gasteiger partial charge in [-0.05, 0) is 49.9 Å². The Morgan fingerprint density at radius 3 is 2.27 bits per heavy atom. The third kappa shape index (κ3) is 4.53. The van der Waals surface area contributed by atoms with Gasteiger partial charge in [0.15, 0.2) is 6.10 Å². The number of thioether (sulfide) groups is 1. The number of amides is 1. The first-order valence-corrected chi connectivity index (χ1v) is 8.48. The number of nitrogens with one attached hydrogen (secondary N) is 1. The molecular formula is C18H21NO2S. The number of benzene rings is 2. The smallest absolute Gasteiger partial charge is 0.261 e. The molecule has 0 saturated carbocycles. The quantitative estimate of drug-likeness (QED) is 0.817. The van der Waals surface area contributed by atoms with Crippen LogP contribution in [0.1, 0.15) is 25.5 Å². The molecule has 0 saturated heterocycles. The Hall–Kier alpha value is -1.94. The number of carbonyl (C=O) groups is 1. The Labute approximate surface area is 136 Å². The molecule has 0 bridgehead atoms. The number of rotatable bonds is 6. The van der Waals surface area contributed by atoms with Crippen molar-refractivity contribution in [3.63, 3.8) is 0 Å². The Balaban J connectivity index is 1.91. The van der Waals surface area contributed by atoms with Gasteiger partial charge >= 0.3 is 0 Å². The first-order valence-electron chi connectivity index (χ1n) is 7.26. The zero-order valence-electron chi connectivity index (χ0n) is 13.1. The Kier molecular flexibility index (Phi) is 5.90. The average molecular weight is 315 g/mol. The SMILES string of the molecule is CSc1ccc(OC(C)C(=O)NC(C)c2ccccc2)cc1. The van der Waals surface area contributed by atoms with Crippen LogP contribution in [0, 0.1) is 0 Å². The second kappa shape index (κ2) is 7.90. The summed E-state index contributed by atoms with van der Waals surface area (Å²) in [6, 6.07) is 17.6. The molecule has 2 unspecified atom stereocenters. The molecule has 0 fully saturated rings. The summed E-state index contributed by atoms with van der Waals surface area (Å²) in [5.74, 6) is 0.582. The second-order valence-corrected chi connectivity index (χ2v) is 5.96. The first kappa shape index (κ1) is 16.4. The normalized spacial score (nSPS) is 13.2. The van der Waals surface area contributed by atoms with Gasteiger partial charge in [-0.25, -0.2) is 0 Å². The van der Waals surface area contributed by atoms with Crippen molar-refractivity contribution in [1.82, 2.24) is 5.32 Å². The second-order valence-electron chi connectivity index (χ2n) is 5.08. The minimum Gasteiger partial charge on any atom is -0.481 e. The van der Waals surface area contributed by atoms with Crippen molar-refractivity contribution >= 4 is 17.7 Å². The molecule has 0 aliphatic heterocycles. The van der Waals surface area contributed by atoms with Crippen LogP contribution >= 0.6 is 11.8 Å². The van der Waals surface area contributed by atoms with Crippen LogP contribution in [0.2, 0.25) is 0 Å². The number of hydrogen-bond donors (Lipinski definition) is 1. The van der Waals surface area contributed by atoms with Gasteiger partial charge in [-0.1, -0.05) is 30.3 Å². The highest BCUT2D eigenvalue weighted by Crippen LogP contribution is 2.20. The highest BCUT2D eigenvalue weighted by Gasteiger charge is 2.17. The molecule has 2 atom stereocenters. The third-order valence-electron chi connectivity index (χ3n) is 3.40. The molecule has 2 rings (SSSR count). The fourth-order valence-electron chi connectivity index (χ4n) is 2.07. The van der Waals surface area contributed by atoms with Gasteiger partial charge in [0.05, 0.1) is 6.04 Å². The van der Waals surface area contributed by atoms with Crippen LogP contribution < -0.4 is 10.1 Å². The van der Waals surface area contributed by atoms with Gasteiger partial charge in [0, 0.05) is 4.90 Å². The molecule has 0 heterocycles. The Bertz CT molecular complexity index is 598. The van der Waals surface area contributed by atoms with Gasteiger partial charge in [0.2, 0.25) is 0 Å². The lowest BCUT2D eigenvalue weighted by Gasteiger charge is -2.19. The topological polar surface area (TPSA) is 38.3 Å². The van der Waals surface area contributed by atoms with Gasteiger partial charge in [-0.15, -0.1) is 11.8 Å². The summed E-state index contributed by atoms with van der Waals surface area (Å²) in [7, 11) is 0. The standard InChI is InChI=1S/C18H21NO2S/c1-13(15-7-5-4-6-8-15)19-18(20)14(2)21-16-9-11-17(22-3)12-10-16/h4-14H,1-3H3,(H,19,20). The van der Waals surface area contributed by atoms with Crippen LogP contribution in [-0.2, 0) is 4.79 Å². The van der Waals surface area contributed by atoms with Crippen molar-refractivity contribution in [2.75, 3.05) is 6.26 Å². The molecule has 2 aromatic rings. The maximum Gasteiger partial charge on any atom is 0.261 e.